The number of halogens is 1. The highest BCUT2D eigenvalue weighted by molar-refractivity contribution is 9.10. The van der Waals surface area contributed by atoms with Gasteiger partial charge < -0.3 is 20.1 Å². The van der Waals surface area contributed by atoms with Crippen LogP contribution >= 0.6 is 15.9 Å². The molecular weight excluding hydrogens is 596 g/mol. The molecule has 2 unspecified atom stereocenters. The van der Waals surface area contributed by atoms with Crippen molar-refractivity contribution in [1.29, 1.82) is 0 Å². The van der Waals surface area contributed by atoms with E-state index >= 15 is 0 Å². The number of alkyl carbamates (subject to hydrolysis) is 1. The number of hydrogen-bond acceptors (Lipinski definition) is 6. The van der Waals surface area contributed by atoms with Crippen LogP contribution in [0.2, 0.25) is 0 Å². The topological polar surface area (TPSA) is 92.8 Å². The number of nitrogens with one attached hydrogen (secondary N) is 2. The Morgan fingerprint density at radius 1 is 1.14 bits per heavy atom. The number of benzene rings is 2. The third-order valence-corrected chi connectivity index (χ3v) is 7.74. The summed E-state index contributed by atoms with van der Waals surface area (Å²) in [6.45, 7) is 8.53. The molecule has 1 saturated heterocycles. The van der Waals surface area contributed by atoms with E-state index in [1.54, 1.807) is 6.20 Å². The molecule has 1 fully saturated rings. The quantitative estimate of drug-likeness (QED) is 0.262. The molecule has 2 amide bonds. The molecular formula is C33H41BrN4O4. The van der Waals surface area contributed by atoms with Crippen LogP contribution in [0.15, 0.2) is 65.3 Å². The number of likely N-dealkylation sites (N-methyl/N-ethyl adjacent to an activating group) is 1. The van der Waals surface area contributed by atoms with Crippen LogP contribution in [0, 0.1) is 0 Å². The summed E-state index contributed by atoms with van der Waals surface area (Å²) in [6, 6.07) is 15.7. The maximum atomic E-state index is 13.2. The fraction of sp³-hybridized carbons (Fsp3) is 0.424. The van der Waals surface area contributed by atoms with E-state index < -0.39 is 11.7 Å². The predicted octanol–water partition coefficient (Wildman–Crippen LogP) is 6.47. The van der Waals surface area contributed by atoms with Gasteiger partial charge in [0.25, 0.3) is 0 Å². The lowest BCUT2D eigenvalue weighted by Crippen LogP contribution is -2.57. The van der Waals surface area contributed by atoms with E-state index in [1.807, 2.05) is 88.5 Å². The van der Waals surface area contributed by atoms with Crippen LogP contribution in [0.25, 0.3) is 17.0 Å². The van der Waals surface area contributed by atoms with Crippen LogP contribution in [0.5, 0.6) is 5.75 Å². The second-order valence-corrected chi connectivity index (χ2v) is 12.7. The van der Waals surface area contributed by atoms with E-state index in [9.17, 15) is 9.59 Å². The molecule has 2 aromatic carbocycles. The standard InChI is InChI=1S/C33H41BrN4O4/c1-22-17-25(37-32(40)42-33(2,3)4)19-29(38(22)5)31(39)35-16-10-9-13-26-27-18-24(34)20-36-28(27)14-15-30(26)41-21-23-11-7-6-8-12-23/h6-9,11-15,18,20,22,25,29H,10,16-17,19,21H2,1-5H3,(H,35,39)(H,37,40)/b13-9+/t22?,25?,29-/m0/s1. The van der Waals surface area contributed by atoms with Gasteiger partial charge in [-0.2, -0.15) is 0 Å². The highest BCUT2D eigenvalue weighted by atomic mass is 79.9. The van der Waals surface area contributed by atoms with Crippen LogP contribution in [-0.4, -0.2) is 59.2 Å². The Labute approximate surface area is 257 Å². The van der Waals surface area contributed by atoms with E-state index in [-0.39, 0.29) is 24.0 Å². The Morgan fingerprint density at radius 2 is 1.90 bits per heavy atom. The van der Waals surface area contributed by atoms with Crippen LogP contribution < -0.4 is 15.4 Å². The Balaban J connectivity index is 1.38. The zero-order valence-corrected chi connectivity index (χ0v) is 26.6. The minimum absolute atomic E-state index is 0.0430. The number of carbonyl (C=O) groups excluding carboxylic acids is 2. The molecule has 0 spiro atoms. The molecule has 2 N–H and O–H groups in total. The summed E-state index contributed by atoms with van der Waals surface area (Å²) < 4.78 is 12.5. The molecule has 3 atom stereocenters. The van der Waals surface area contributed by atoms with Gasteiger partial charge in [-0.25, -0.2) is 4.79 Å². The van der Waals surface area contributed by atoms with Crippen molar-refractivity contribution in [3.63, 3.8) is 0 Å². The zero-order chi connectivity index (χ0) is 30.3. The number of fused-ring (bicyclic) bond motifs is 1. The lowest BCUT2D eigenvalue weighted by Gasteiger charge is -2.41. The van der Waals surface area contributed by atoms with E-state index in [0.717, 1.165) is 38.7 Å². The van der Waals surface area contributed by atoms with Crippen molar-refractivity contribution in [1.82, 2.24) is 20.5 Å². The summed E-state index contributed by atoms with van der Waals surface area (Å²) in [6.07, 6.45) is 7.36. The summed E-state index contributed by atoms with van der Waals surface area (Å²) in [7, 11) is 1.96. The van der Waals surface area contributed by atoms with Gasteiger partial charge in [0.1, 0.15) is 18.0 Å². The highest BCUT2D eigenvalue weighted by Gasteiger charge is 2.36. The van der Waals surface area contributed by atoms with Crippen molar-refractivity contribution in [3.8, 4) is 5.75 Å². The maximum absolute atomic E-state index is 13.2. The van der Waals surface area contributed by atoms with Gasteiger partial charge in [-0.3, -0.25) is 14.7 Å². The zero-order valence-electron chi connectivity index (χ0n) is 25.0. The summed E-state index contributed by atoms with van der Waals surface area (Å²) in [4.78, 5) is 32.1. The average Bonchev–Trinajstić information content (AvgIpc) is 2.93. The number of piperidine rings is 1. The van der Waals surface area contributed by atoms with E-state index in [1.165, 1.54) is 0 Å². The molecule has 8 nitrogen and oxygen atoms in total. The van der Waals surface area contributed by atoms with Crippen molar-refractivity contribution in [3.05, 3.63) is 76.4 Å². The first-order chi connectivity index (χ1) is 20.0. The van der Waals surface area contributed by atoms with Crippen molar-refractivity contribution >= 4 is 44.9 Å². The number of pyridine rings is 1. The van der Waals surface area contributed by atoms with Crippen LogP contribution in [-0.2, 0) is 16.1 Å². The van der Waals surface area contributed by atoms with E-state index in [0.29, 0.717) is 26.0 Å². The summed E-state index contributed by atoms with van der Waals surface area (Å²) >= 11 is 3.54. The number of aromatic nitrogens is 1. The molecule has 4 rings (SSSR count). The predicted molar refractivity (Wildman–Crippen MR) is 170 cm³/mol. The molecule has 42 heavy (non-hydrogen) atoms. The molecule has 2 heterocycles. The van der Waals surface area contributed by atoms with Gasteiger partial charge in [-0.1, -0.05) is 42.5 Å². The lowest BCUT2D eigenvalue weighted by atomic mass is 9.92. The van der Waals surface area contributed by atoms with Gasteiger partial charge in [-0.15, -0.1) is 0 Å². The van der Waals surface area contributed by atoms with E-state index in [4.69, 9.17) is 9.47 Å². The fourth-order valence-corrected chi connectivity index (χ4v) is 5.44. The number of ether oxygens (including phenoxy) is 2. The van der Waals surface area contributed by atoms with Crippen LogP contribution in [0.3, 0.4) is 0 Å². The second kappa shape index (κ2) is 14.2. The third kappa shape index (κ3) is 8.79. The number of nitrogens with zero attached hydrogens (tertiary/aromatic N) is 2. The number of carbonyl (C=O) groups is 2. The first-order valence-electron chi connectivity index (χ1n) is 14.4. The van der Waals surface area contributed by atoms with Gasteiger partial charge in [0.05, 0.1) is 11.6 Å². The SMILES string of the molecule is CC1CC(NC(=O)OC(C)(C)C)C[C@@H](C(=O)NCC/C=C/c2c(OCc3ccccc3)ccc3ncc(Br)cc23)N1C. The largest absolute Gasteiger partial charge is 0.488 e. The third-order valence-electron chi connectivity index (χ3n) is 7.31. The molecule has 0 saturated carbocycles. The molecule has 3 aromatic rings. The molecule has 0 aliphatic carbocycles. The molecule has 0 bridgehead atoms. The Hall–Kier alpha value is -3.43. The molecule has 224 valence electrons. The van der Waals surface area contributed by atoms with Crippen molar-refractivity contribution in [2.24, 2.45) is 0 Å². The number of amides is 2. The van der Waals surface area contributed by atoms with Crippen molar-refractivity contribution < 1.29 is 19.1 Å². The summed E-state index contributed by atoms with van der Waals surface area (Å²) in [5, 5.41) is 7.02. The Bertz CT molecular complexity index is 1410. The smallest absolute Gasteiger partial charge is 0.407 e. The van der Waals surface area contributed by atoms with Gasteiger partial charge in [-0.05, 0) is 93.7 Å². The maximum Gasteiger partial charge on any atom is 0.407 e. The number of rotatable bonds is 9. The molecule has 9 heteroatoms. The van der Waals surface area contributed by atoms with Gasteiger partial charge in [0.2, 0.25) is 5.91 Å². The van der Waals surface area contributed by atoms with Gasteiger partial charge in [0, 0.05) is 40.2 Å². The Morgan fingerprint density at radius 3 is 2.64 bits per heavy atom. The number of hydrogen-bond donors (Lipinski definition) is 2. The summed E-state index contributed by atoms with van der Waals surface area (Å²) in [5.41, 5.74) is 2.34. The van der Waals surface area contributed by atoms with Crippen molar-refractivity contribution in [2.75, 3.05) is 13.6 Å². The van der Waals surface area contributed by atoms with Crippen LogP contribution in [0.4, 0.5) is 4.79 Å². The van der Waals surface area contributed by atoms with Crippen LogP contribution in [0.1, 0.15) is 58.1 Å². The second-order valence-electron chi connectivity index (χ2n) is 11.8. The monoisotopic (exact) mass is 636 g/mol. The van der Waals surface area contributed by atoms with Gasteiger partial charge >= 0.3 is 6.09 Å². The van der Waals surface area contributed by atoms with Crippen molar-refractivity contribution in [2.45, 2.75) is 77.3 Å². The van der Waals surface area contributed by atoms with E-state index in [2.05, 4.69) is 43.4 Å². The van der Waals surface area contributed by atoms with Gasteiger partial charge in [0.15, 0.2) is 0 Å². The highest BCUT2D eigenvalue weighted by Crippen LogP contribution is 2.31. The molecule has 1 aromatic heterocycles. The molecule has 1 aliphatic rings. The minimum atomic E-state index is -0.570. The minimum Gasteiger partial charge on any atom is -0.488 e. The normalized spacial score (nSPS) is 19.5. The molecule has 1 aliphatic heterocycles. The fourth-order valence-electron chi connectivity index (χ4n) is 5.11. The molecule has 0 radical (unpaired) electrons. The summed E-state index contributed by atoms with van der Waals surface area (Å²) in [5.74, 6) is 0.728. The Kier molecular flexibility index (Phi) is 10.6. The lowest BCUT2D eigenvalue weighted by molar-refractivity contribution is -0.128. The number of likely N-dealkylation sites (tertiary alicyclic amines) is 1. The first-order valence-corrected chi connectivity index (χ1v) is 15.2. The first kappa shape index (κ1) is 31.5. The average molecular weight is 638 g/mol.